The molecule has 0 unspecified atom stereocenters. The minimum absolute atomic E-state index is 0.164. The van der Waals surface area contributed by atoms with Crippen molar-refractivity contribution in [3.05, 3.63) is 6.20 Å². The van der Waals surface area contributed by atoms with Crippen molar-refractivity contribution in [3.8, 4) is 0 Å². The predicted octanol–water partition coefficient (Wildman–Crippen LogP) is -0.986. The molecule has 0 bridgehead atoms. The summed E-state index contributed by atoms with van der Waals surface area (Å²) >= 11 is 0. The number of hydrogen-bond donors (Lipinski definition) is 1. The standard InChI is InChI=1S/C12H21N5O4S.CH2O2/c1-3-4-17-13-9-11(14-17)16(22(2,19)20)10-12(18)15-5-7-21-8-6-15;2-1-3/h9H,3-8,10H2,1-2H3;1H,(H,2,3). The third-order valence-electron chi connectivity index (χ3n) is 3.25. The van der Waals surface area contributed by atoms with Crippen molar-refractivity contribution in [3.63, 3.8) is 0 Å². The number of amides is 1. The van der Waals surface area contributed by atoms with E-state index in [0.29, 0.717) is 32.8 Å². The Morgan fingerprint density at radius 2 is 2.04 bits per heavy atom. The molecule has 0 radical (unpaired) electrons. The minimum atomic E-state index is -3.61. The number of sulfonamides is 1. The fourth-order valence-corrected chi connectivity index (χ4v) is 2.88. The number of hydrogen-bond acceptors (Lipinski definition) is 7. The van der Waals surface area contributed by atoms with Crippen LogP contribution in [0.15, 0.2) is 6.20 Å². The Balaban J connectivity index is 0.000000970. The van der Waals surface area contributed by atoms with Crippen LogP contribution in [0.2, 0.25) is 0 Å². The monoisotopic (exact) mass is 377 g/mol. The Morgan fingerprint density at radius 1 is 1.44 bits per heavy atom. The Bertz CT molecular complexity index is 656. The first-order valence-corrected chi connectivity index (χ1v) is 9.49. The average Bonchev–Trinajstić information content (AvgIpc) is 3.01. The summed E-state index contributed by atoms with van der Waals surface area (Å²) in [6, 6.07) is 0. The van der Waals surface area contributed by atoms with Gasteiger partial charge in [-0.05, 0) is 6.42 Å². The summed E-state index contributed by atoms with van der Waals surface area (Å²) < 4.78 is 30.1. The lowest BCUT2D eigenvalue weighted by atomic mass is 10.4. The summed E-state index contributed by atoms with van der Waals surface area (Å²) in [5.74, 6) is -0.101. The number of carbonyl (C=O) groups is 2. The number of rotatable bonds is 6. The van der Waals surface area contributed by atoms with Gasteiger partial charge >= 0.3 is 0 Å². The van der Waals surface area contributed by atoms with Gasteiger partial charge < -0.3 is 14.7 Å². The van der Waals surface area contributed by atoms with Crippen LogP contribution in [0.5, 0.6) is 0 Å². The van der Waals surface area contributed by atoms with Crippen LogP contribution in [0.3, 0.4) is 0 Å². The molecule has 1 amide bonds. The molecule has 1 aliphatic rings. The molecular weight excluding hydrogens is 354 g/mol. The van der Waals surface area contributed by atoms with Gasteiger partial charge in [0.15, 0.2) is 5.82 Å². The van der Waals surface area contributed by atoms with E-state index in [1.807, 2.05) is 6.92 Å². The summed E-state index contributed by atoms with van der Waals surface area (Å²) in [6.45, 7) is 3.92. The molecule has 142 valence electrons. The molecule has 1 N–H and O–H groups in total. The van der Waals surface area contributed by atoms with Crippen molar-refractivity contribution in [1.82, 2.24) is 19.9 Å². The zero-order valence-electron chi connectivity index (χ0n) is 14.2. The molecular formula is C13H23N5O6S. The highest BCUT2D eigenvalue weighted by Gasteiger charge is 2.26. The molecule has 12 heteroatoms. The SMILES string of the molecule is CCCn1ncc(N(CC(=O)N2CCOCC2)S(C)(=O)=O)n1.O=CO. The number of nitrogens with zero attached hydrogens (tertiary/aromatic N) is 5. The molecule has 1 fully saturated rings. The number of carbonyl (C=O) groups excluding carboxylic acids is 1. The quantitative estimate of drug-likeness (QED) is 0.625. The lowest BCUT2D eigenvalue weighted by Crippen LogP contribution is -2.47. The third-order valence-corrected chi connectivity index (χ3v) is 4.36. The fraction of sp³-hybridized carbons (Fsp3) is 0.692. The molecule has 2 heterocycles. The van der Waals surface area contributed by atoms with E-state index in [0.717, 1.165) is 17.0 Å². The van der Waals surface area contributed by atoms with Crippen molar-refractivity contribution >= 4 is 28.2 Å². The first-order valence-electron chi connectivity index (χ1n) is 7.64. The average molecular weight is 377 g/mol. The van der Waals surface area contributed by atoms with Crippen molar-refractivity contribution in [2.75, 3.05) is 43.4 Å². The van der Waals surface area contributed by atoms with Gasteiger partial charge in [0.2, 0.25) is 15.9 Å². The smallest absolute Gasteiger partial charge is 0.290 e. The maximum Gasteiger partial charge on any atom is 0.290 e. The second-order valence-corrected chi connectivity index (χ2v) is 7.07. The van der Waals surface area contributed by atoms with Crippen LogP contribution in [-0.4, -0.2) is 84.9 Å². The number of aromatic nitrogens is 3. The largest absolute Gasteiger partial charge is 0.483 e. The maximum absolute atomic E-state index is 12.3. The summed E-state index contributed by atoms with van der Waals surface area (Å²) in [5.41, 5.74) is 0. The van der Waals surface area contributed by atoms with Gasteiger partial charge in [0.1, 0.15) is 6.54 Å². The highest BCUT2D eigenvalue weighted by atomic mass is 32.2. The number of carboxylic acid groups (broad SMARTS) is 1. The topological polar surface area (TPSA) is 135 Å². The van der Waals surface area contributed by atoms with Gasteiger partial charge in [0, 0.05) is 13.1 Å². The number of anilines is 1. The lowest BCUT2D eigenvalue weighted by molar-refractivity contribution is -0.133. The molecule has 0 spiro atoms. The Hall–Kier alpha value is -2.21. The molecule has 2 rings (SSSR count). The van der Waals surface area contributed by atoms with Gasteiger partial charge in [0.05, 0.1) is 32.2 Å². The van der Waals surface area contributed by atoms with E-state index in [2.05, 4.69) is 10.2 Å². The van der Waals surface area contributed by atoms with Crippen LogP contribution in [0.25, 0.3) is 0 Å². The summed E-state index contributed by atoms with van der Waals surface area (Å²) in [7, 11) is -3.61. The van der Waals surface area contributed by atoms with Crippen LogP contribution >= 0.6 is 0 Å². The molecule has 11 nitrogen and oxygen atoms in total. The zero-order valence-corrected chi connectivity index (χ0v) is 15.1. The van der Waals surface area contributed by atoms with Crippen LogP contribution in [0.1, 0.15) is 13.3 Å². The molecule has 0 aromatic carbocycles. The van der Waals surface area contributed by atoms with E-state index in [1.165, 1.54) is 11.0 Å². The van der Waals surface area contributed by atoms with Gasteiger partial charge in [-0.1, -0.05) is 6.92 Å². The highest BCUT2D eigenvalue weighted by Crippen LogP contribution is 2.14. The molecule has 25 heavy (non-hydrogen) atoms. The van der Waals surface area contributed by atoms with Gasteiger partial charge in [-0.15, -0.1) is 5.10 Å². The Labute approximate surface area is 146 Å². The second-order valence-electron chi connectivity index (χ2n) is 5.17. The normalized spacial score (nSPS) is 14.4. The second kappa shape index (κ2) is 9.93. The molecule has 1 aromatic rings. The van der Waals surface area contributed by atoms with Gasteiger partial charge in [-0.25, -0.2) is 12.7 Å². The van der Waals surface area contributed by atoms with Crippen molar-refractivity contribution in [2.45, 2.75) is 19.9 Å². The van der Waals surface area contributed by atoms with Crippen molar-refractivity contribution < 1.29 is 27.9 Å². The van der Waals surface area contributed by atoms with Crippen molar-refractivity contribution in [2.24, 2.45) is 0 Å². The Morgan fingerprint density at radius 3 is 2.56 bits per heavy atom. The first kappa shape index (κ1) is 20.8. The van der Waals surface area contributed by atoms with E-state index < -0.39 is 10.0 Å². The van der Waals surface area contributed by atoms with Gasteiger partial charge in [-0.3, -0.25) is 9.59 Å². The number of morpholine rings is 1. The third kappa shape index (κ3) is 6.66. The summed E-state index contributed by atoms with van der Waals surface area (Å²) in [6.07, 6.45) is 3.25. The lowest BCUT2D eigenvalue weighted by Gasteiger charge is -2.29. The maximum atomic E-state index is 12.3. The molecule has 0 saturated carbocycles. The van der Waals surface area contributed by atoms with Crippen LogP contribution in [-0.2, 0) is 30.9 Å². The van der Waals surface area contributed by atoms with E-state index in [4.69, 9.17) is 14.6 Å². The summed E-state index contributed by atoms with van der Waals surface area (Å²) in [5, 5.41) is 15.0. The first-order chi connectivity index (χ1) is 11.8. The fourth-order valence-electron chi connectivity index (χ4n) is 2.11. The van der Waals surface area contributed by atoms with Crippen LogP contribution < -0.4 is 4.31 Å². The summed E-state index contributed by atoms with van der Waals surface area (Å²) in [4.78, 5) is 23.7. The molecule has 1 aliphatic heterocycles. The van der Waals surface area contributed by atoms with Crippen molar-refractivity contribution in [1.29, 1.82) is 0 Å². The van der Waals surface area contributed by atoms with Crippen LogP contribution in [0.4, 0.5) is 5.82 Å². The zero-order chi connectivity index (χ0) is 18.9. The molecule has 1 saturated heterocycles. The van der Waals surface area contributed by atoms with Crippen LogP contribution in [0, 0.1) is 0 Å². The van der Waals surface area contributed by atoms with E-state index in [9.17, 15) is 13.2 Å². The van der Waals surface area contributed by atoms with E-state index in [1.54, 1.807) is 4.90 Å². The number of aryl methyl sites for hydroxylation is 1. The van der Waals surface area contributed by atoms with Gasteiger partial charge in [0.25, 0.3) is 6.47 Å². The van der Waals surface area contributed by atoms with Gasteiger partial charge in [-0.2, -0.15) is 9.90 Å². The minimum Gasteiger partial charge on any atom is -0.483 e. The molecule has 0 aliphatic carbocycles. The highest BCUT2D eigenvalue weighted by molar-refractivity contribution is 7.92. The predicted molar refractivity (Wildman–Crippen MR) is 88.6 cm³/mol. The molecule has 1 aromatic heterocycles. The Kier molecular flexibility index (Phi) is 8.28. The van der Waals surface area contributed by atoms with E-state index in [-0.39, 0.29) is 24.7 Å². The van der Waals surface area contributed by atoms with E-state index >= 15 is 0 Å². The number of ether oxygens (including phenoxy) is 1. The molecule has 0 atom stereocenters.